The lowest BCUT2D eigenvalue weighted by molar-refractivity contribution is 0.556. The molecule has 0 aliphatic carbocycles. The second kappa shape index (κ2) is 7.00. The first kappa shape index (κ1) is 15.2. The number of rotatable bonds is 5. The molecule has 1 atom stereocenters. The van der Waals surface area contributed by atoms with Gasteiger partial charge in [-0.3, -0.25) is 0 Å². The van der Waals surface area contributed by atoms with Gasteiger partial charge in [-0.2, -0.15) is 0 Å². The predicted octanol–water partition coefficient (Wildman–Crippen LogP) is 4.85. The molecule has 20 heavy (non-hydrogen) atoms. The van der Waals surface area contributed by atoms with Gasteiger partial charge >= 0.3 is 0 Å². The molecule has 0 amide bonds. The highest BCUT2D eigenvalue weighted by Gasteiger charge is 2.19. The molecular weight excluding hydrogens is 317 g/mol. The molecule has 2 rings (SSSR count). The zero-order valence-electron chi connectivity index (χ0n) is 11.8. The third-order valence-electron chi connectivity index (χ3n) is 3.39. The lowest BCUT2D eigenvalue weighted by Gasteiger charge is -2.21. The molecule has 0 bridgehead atoms. The molecular formula is C17H19BrFN. The van der Waals surface area contributed by atoms with E-state index in [1.807, 2.05) is 25.1 Å². The van der Waals surface area contributed by atoms with Crippen molar-refractivity contribution in [1.29, 1.82) is 0 Å². The largest absolute Gasteiger partial charge is 0.306 e. The quantitative estimate of drug-likeness (QED) is 0.823. The lowest BCUT2D eigenvalue weighted by Crippen LogP contribution is -2.23. The fourth-order valence-electron chi connectivity index (χ4n) is 2.37. The Morgan fingerprint density at radius 2 is 1.90 bits per heavy atom. The number of benzene rings is 2. The normalized spacial score (nSPS) is 12.4. The summed E-state index contributed by atoms with van der Waals surface area (Å²) in [6.07, 6.45) is 0.977. The van der Waals surface area contributed by atoms with Crippen molar-refractivity contribution in [3.8, 4) is 0 Å². The zero-order chi connectivity index (χ0) is 14.5. The van der Waals surface area contributed by atoms with Crippen LogP contribution in [0, 0.1) is 5.82 Å². The molecule has 1 nitrogen and oxygen atoms in total. The van der Waals surface area contributed by atoms with E-state index in [1.165, 1.54) is 11.6 Å². The fraction of sp³-hybridized carbons (Fsp3) is 0.294. The van der Waals surface area contributed by atoms with Gasteiger partial charge in [-0.15, -0.1) is 0 Å². The maximum absolute atomic E-state index is 14.2. The Hall–Kier alpha value is -1.19. The molecule has 0 aromatic heterocycles. The maximum Gasteiger partial charge on any atom is 0.129 e. The number of hydrogen-bond donors (Lipinski definition) is 1. The SMILES string of the molecule is CCNC(c1cccc(CC)c1)c1c(F)cccc1Br. The van der Waals surface area contributed by atoms with E-state index in [1.54, 1.807) is 6.07 Å². The van der Waals surface area contributed by atoms with Crippen LogP contribution < -0.4 is 5.32 Å². The number of halogens is 2. The van der Waals surface area contributed by atoms with E-state index in [4.69, 9.17) is 0 Å². The average molecular weight is 336 g/mol. The van der Waals surface area contributed by atoms with Gasteiger partial charge in [0.1, 0.15) is 5.82 Å². The van der Waals surface area contributed by atoms with Crippen molar-refractivity contribution >= 4 is 15.9 Å². The molecule has 0 saturated carbocycles. The highest BCUT2D eigenvalue weighted by Crippen LogP contribution is 2.31. The molecule has 0 saturated heterocycles. The number of aryl methyl sites for hydroxylation is 1. The number of nitrogens with one attached hydrogen (secondary N) is 1. The minimum Gasteiger partial charge on any atom is -0.306 e. The summed E-state index contributed by atoms with van der Waals surface area (Å²) in [4.78, 5) is 0. The van der Waals surface area contributed by atoms with Crippen molar-refractivity contribution in [3.63, 3.8) is 0 Å². The molecule has 106 valence electrons. The minimum absolute atomic E-state index is 0.137. The van der Waals surface area contributed by atoms with Gasteiger partial charge in [0.2, 0.25) is 0 Å². The van der Waals surface area contributed by atoms with Crippen molar-refractivity contribution in [2.75, 3.05) is 6.54 Å². The molecule has 1 unspecified atom stereocenters. The molecule has 0 aliphatic rings. The van der Waals surface area contributed by atoms with Gasteiger partial charge in [-0.1, -0.05) is 60.1 Å². The second-order valence-corrected chi connectivity index (χ2v) is 5.58. The van der Waals surface area contributed by atoms with Crippen LogP contribution in [0.1, 0.15) is 36.6 Å². The molecule has 0 radical (unpaired) electrons. The molecule has 1 N–H and O–H groups in total. The van der Waals surface area contributed by atoms with E-state index in [-0.39, 0.29) is 11.9 Å². The molecule has 2 aromatic carbocycles. The first-order valence-electron chi connectivity index (χ1n) is 6.93. The Labute approximate surface area is 128 Å². The highest BCUT2D eigenvalue weighted by molar-refractivity contribution is 9.10. The Morgan fingerprint density at radius 1 is 1.15 bits per heavy atom. The van der Waals surface area contributed by atoms with Crippen molar-refractivity contribution in [3.05, 3.63) is 69.4 Å². The van der Waals surface area contributed by atoms with E-state index < -0.39 is 0 Å². The molecule has 0 aliphatic heterocycles. The first-order chi connectivity index (χ1) is 9.67. The third kappa shape index (κ3) is 3.28. The molecule has 0 heterocycles. The standard InChI is InChI=1S/C17H19BrFN/c1-3-12-7-5-8-13(11-12)17(20-4-2)16-14(18)9-6-10-15(16)19/h5-11,17,20H,3-4H2,1-2H3. The second-order valence-electron chi connectivity index (χ2n) is 4.72. The van der Waals surface area contributed by atoms with Gasteiger partial charge in [0.25, 0.3) is 0 Å². The summed E-state index contributed by atoms with van der Waals surface area (Å²) in [5, 5.41) is 3.38. The Morgan fingerprint density at radius 3 is 2.55 bits per heavy atom. The molecule has 0 fully saturated rings. The van der Waals surface area contributed by atoms with E-state index >= 15 is 0 Å². The van der Waals surface area contributed by atoms with Gasteiger partial charge in [-0.05, 0) is 36.2 Å². The highest BCUT2D eigenvalue weighted by atomic mass is 79.9. The third-order valence-corrected chi connectivity index (χ3v) is 4.08. The van der Waals surface area contributed by atoms with E-state index in [0.717, 1.165) is 23.0 Å². The minimum atomic E-state index is -0.188. The summed E-state index contributed by atoms with van der Waals surface area (Å²) < 4.78 is 15.0. The van der Waals surface area contributed by atoms with Crippen LogP contribution in [-0.4, -0.2) is 6.54 Å². The molecule has 3 heteroatoms. The van der Waals surface area contributed by atoms with Gasteiger partial charge in [-0.25, -0.2) is 4.39 Å². The predicted molar refractivity (Wildman–Crippen MR) is 85.4 cm³/mol. The smallest absolute Gasteiger partial charge is 0.129 e. The van der Waals surface area contributed by atoms with Gasteiger partial charge in [0.05, 0.1) is 6.04 Å². The van der Waals surface area contributed by atoms with Gasteiger partial charge < -0.3 is 5.32 Å². The topological polar surface area (TPSA) is 12.0 Å². The fourth-order valence-corrected chi connectivity index (χ4v) is 2.94. The Bertz CT molecular complexity index is 563. The van der Waals surface area contributed by atoms with E-state index in [2.05, 4.69) is 40.3 Å². The van der Waals surface area contributed by atoms with Crippen molar-refractivity contribution in [2.24, 2.45) is 0 Å². The summed E-state index contributed by atoms with van der Waals surface area (Å²) in [5.74, 6) is -0.188. The number of hydrogen-bond acceptors (Lipinski definition) is 1. The zero-order valence-corrected chi connectivity index (χ0v) is 13.4. The van der Waals surface area contributed by atoms with Crippen LogP contribution in [0.4, 0.5) is 4.39 Å². The van der Waals surface area contributed by atoms with Crippen LogP contribution in [0.2, 0.25) is 0 Å². The monoisotopic (exact) mass is 335 g/mol. The van der Waals surface area contributed by atoms with Crippen LogP contribution in [0.5, 0.6) is 0 Å². The summed E-state index contributed by atoms with van der Waals surface area (Å²) >= 11 is 3.47. The Balaban J connectivity index is 2.50. The van der Waals surface area contributed by atoms with Crippen LogP contribution in [-0.2, 0) is 6.42 Å². The Kier molecular flexibility index (Phi) is 5.32. The lowest BCUT2D eigenvalue weighted by atomic mass is 9.96. The van der Waals surface area contributed by atoms with Crippen LogP contribution in [0.25, 0.3) is 0 Å². The van der Waals surface area contributed by atoms with Crippen LogP contribution in [0.3, 0.4) is 0 Å². The summed E-state index contributed by atoms with van der Waals surface area (Å²) in [6, 6.07) is 13.3. The average Bonchev–Trinajstić information content (AvgIpc) is 2.46. The van der Waals surface area contributed by atoms with Gasteiger partial charge in [0.15, 0.2) is 0 Å². The van der Waals surface area contributed by atoms with E-state index in [9.17, 15) is 4.39 Å². The van der Waals surface area contributed by atoms with Crippen molar-refractivity contribution < 1.29 is 4.39 Å². The van der Waals surface area contributed by atoms with Crippen molar-refractivity contribution in [2.45, 2.75) is 26.3 Å². The molecule has 0 spiro atoms. The first-order valence-corrected chi connectivity index (χ1v) is 7.72. The van der Waals surface area contributed by atoms with Crippen molar-refractivity contribution in [1.82, 2.24) is 5.32 Å². The van der Waals surface area contributed by atoms with Crippen LogP contribution in [0.15, 0.2) is 46.9 Å². The summed E-state index contributed by atoms with van der Waals surface area (Å²) in [5.41, 5.74) is 3.03. The van der Waals surface area contributed by atoms with E-state index in [0.29, 0.717) is 5.56 Å². The maximum atomic E-state index is 14.2. The van der Waals surface area contributed by atoms with Crippen LogP contribution >= 0.6 is 15.9 Å². The summed E-state index contributed by atoms with van der Waals surface area (Å²) in [6.45, 7) is 4.94. The molecule has 2 aromatic rings. The summed E-state index contributed by atoms with van der Waals surface area (Å²) in [7, 11) is 0. The van der Waals surface area contributed by atoms with Gasteiger partial charge in [0, 0.05) is 10.0 Å².